The quantitative estimate of drug-likeness (QED) is 0.737. The van der Waals surface area contributed by atoms with E-state index >= 15 is 0 Å². The van der Waals surface area contributed by atoms with Crippen molar-refractivity contribution in [3.8, 4) is 0 Å². The number of aliphatic carboxylic acids is 1. The smallest absolute Gasteiger partial charge is 0.326 e. The first-order valence-corrected chi connectivity index (χ1v) is 8.83. The summed E-state index contributed by atoms with van der Waals surface area (Å²) in [7, 11) is 0. The van der Waals surface area contributed by atoms with E-state index in [2.05, 4.69) is 10.5 Å². The third-order valence-electron chi connectivity index (χ3n) is 4.07. The number of rotatable bonds is 7. The number of carboxylic acid groups (broad SMARTS) is 1. The molecule has 1 heterocycles. The highest BCUT2D eigenvalue weighted by molar-refractivity contribution is 6.34. The molecule has 1 aromatic carbocycles. The molecule has 140 valence electrons. The van der Waals surface area contributed by atoms with Crippen molar-refractivity contribution in [2.24, 2.45) is 0 Å². The van der Waals surface area contributed by atoms with Gasteiger partial charge in [0, 0.05) is 28.5 Å². The van der Waals surface area contributed by atoms with Crippen LogP contribution < -0.4 is 5.32 Å². The summed E-state index contributed by atoms with van der Waals surface area (Å²) in [5.41, 5.74) is 2.23. The number of carbonyl (C=O) groups is 2. The molecule has 2 N–H and O–H groups in total. The average molecular weight is 399 g/mol. The van der Waals surface area contributed by atoms with E-state index < -0.39 is 12.0 Å². The lowest BCUT2D eigenvalue weighted by atomic mass is 9.95. The van der Waals surface area contributed by atoms with E-state index in [1.807, 2.05) is 13.8 Å². The molecule has 2 unspecified atom stereocenters. The Morgan fingerprint density at radius 1 is 1.23 bits per heavy atom. The fraction of sp³-hybridized carbons (Fsp3) is 0.389. The highest BCUT2D eigenvalue weighted by Gasteiger charge is 2.24. The molecule has 0 spiro atoms. The zero-order chi connectivity index (χ0) is 19.4. The maximum atomic E-state index is 12.3. The van der Waals surface area contributed by atoms with Gasteiger partial charge in [-0.15, -0.1) is 0 Å². The maximum absolute atomic E-state index is 12.3. The van der Waals surface area contributed by atoms with E-state index in [9.17, 15) is 14.7 Å². The predicted molar refractivity (Wildman–Crippen MR) is 98.7 cm³/mol. The lowest BCUT2D eigenvalue weighted by molar-refractivity contribution is -0.141. The second kappa shape index (κ2) is 8.56. The van der Waals surface area contributed by atoms with Crippen LogP contribution in [-0.4, -0.2) is 28.2 Å². The number of aryl methyl sites for hydroxylation is 2. The van der Waals surface area contributed by atoms with E-state index in [1.54, 1.807) is 25.1 Å². The van der Waals surface area contributed by atoms with E-state index in [0.717, 1.165) is 11.3 Å². The van der Waals surface area contributed by atoms with Gasteiger partial charge in [0.25, 0.3) is 0 Å². The first-order valence-electron chi connectivity index (χ1n) is 8.07. The van der Waals surface area contributed by atoms with Crippen molar-refractivity contribution < 1.29 is 19.2 Å². The van der Waals surface area contributed by atoms with Crippen molar-refractivity contribution in [2.75, 3.05) is 0 Å². The zero-order valence-electron chi connectivity index (χ0n) is 14.7. The van der Waals surface area contributed by atoms with Crippen molar-refractivity contribution >= 4 is 35.1 Å². The summed E-state index contributed by atoms with van der Waals surface area (Å²) in [6, 6.07) is 3.74. The largest absolute Gasteiger partial charge is 0.480 e. The Bertz CT molecular complexity index is 780. The van der Waals surface area contributed by atoms with Crippen molar-refractivity contribution in [1.82, 2.24) is 10.5 Å². The molecule has 1 aromatic heterocycles. The van der Waals surface area contributed by atoms with Gasteiger partial charge in [0.2, 0.25) is 5.91 Å². The molecular weight excluding hydrogens is 379 g/mol. The molecule has 0 aliphatic carbocycles. The number of benzene rings is 1. The monoisotopic (exact) mass is 398 g/mol. The lowest BCUT2D eigenvalue weighted by Gasteiger charge is -2.17. The minimum atomic E-state index is -1.13. The van der Waals surface area contributed by atoms with E-state index in [-0.39, 0.29) is 24.7 Å². The number of hydrogen-bond acceptors (Lipinski definition) is 4. The van der Waals surface area contributed by atoms with E-state index in [1.165, 1.54) is 0 Å². The molecule has 2 aromatic rings. The molecule has 8 heteroatoms. The number of halogens is 2. The standard InChI is InChI=1S/C18H20Cl2N2O4/c1-9(17-10(2)22-26-11(17)3)4-16(23)21-15(18(24)25)7-12-5-13(19)8-14(20)6-12/h5-6,8-9,15H,4,7H2,1-3H3,(H,21,23)(H,24,25). The van der Waals surface area contributed by atoms with Gasteiger partial charge in [0.1, 0.15) is 11.8 Å². The lowest BCUT2D eigenvalue weighted by Crippen LogP contribution is -2.42. The van der Waals surface area contributed by atoms with Gasteiger partial charge in [-0.2, -0.15) is 0 Å². The summed E-state index contributed by atoms with van der Waals surface area (Å²) >= 11 is 11.9. The van der Waals surface area contributed by atoms with Gasteiger partial charge in [-0.25, -0.2) is 4.79 Å². The first-order chi connectivity index (χ1) is 12.2. The van der Waals surface area contributed by atoms with Crippen LogP contribution in [0.15, 0.2) is 22.7 Å². The molecule has 0 saturated heterocycles. The highest BCUT2D eigenvalue weighted by atomic mass is 35.5. The van der Waals surface area contributed by atoms with Gasteiger partial charge in [0.05, 0.1) is 5.69 Å². The highest BCUT2D eigenvalue weighted by Crippen LogP contribution is 2.26. The van der Waals surface area contributed by atoms with Crippen molar-refractivity contribution in [3.05, 3.63) is 50.8 Å². The number of nitrogens with zero attached hydrogens (tertiary/aromatic N) is 1. The number of hydrogen-bond donors (Lipinski definition) is 2. The van der Waals surface area contributed by atoms with Crippen LogP contribution in [0.1, 0.15) is 41.8 Å². The van der Waals surface area contributed by atoms with Gasteiger partial charge in [-0.1, -0.05) is 35.3 Å². The predicted octanol–water partition coefficient (Wildman–Crippen LogP) is 3.90. The fourth-order valence-electron chi connectivity index (χ4n) is 2.99. The van der Waals surface area contributed by atoms with Crippen LogP contribution in [0, 0.1) is 13.8 Å². The number of carboxylic acids is 1. The molecular formula is C18H20Cl2N2O4. The third-order valence-corrected chi connectivity index (χ3v) is 4.50. The van der Waals surface area contributed by atoms with E-state index in [0.29, 0.717) is 21.4 Å². The Morgan fingerprint density at radius 3 is 2.35 bits per heavy atom. The molecule has 2 rings (SSSR count). The second-order valence-electron chi connectivity index (χ2n) is 6.28. The van der Waals surface area contributed by atoms with Crippen LogP contribution in [-0.2, 0) is 16.0 Å². The normalized spacial score (nSPS) is 13.3. The third kappa shape index (κ3) is 5.22. The zero-order valence-corrected chi connectivity index (χ0v) is 16.2. The van der Waals surface area contributed by atoms with E-state index in [4.69, 9.17) is 27.7 Å². The summed E-state index contributed by atoms with van der Waals surface area (Å²) in [6.07, 6.45) is 0.212. The van der Waals surface area contributed by atoms with Crippen LogP contribution in [0.2, 0.25) is 10.0 Å². The molecule has 2 atom stereocenters. The van der Waals surface area contributed by atoms with Crippen LogP contribution in [0.25, 0.3) is 0 Å². The molecule has 0 aliphatic heterocycles. The molecule has 0 aliphatic rings. The molecule has 0 fully saturated rings. The average Bonchev–Trinajstić information content (AvgIpc) is 2.84. The SMILES string of the molecule is Cc1noc(C)c1C(C)CC(=O)NC(Cc1cc(Cl)cc(Cl)c1)C(=O)O. The fourth-order valence-corrected chi connectivity index (χ4v) is 3.56. The van der Waals surface area contributed by atoms with Crippen LogP contribution in [0.5, 0.6) is 0 Å². The minimum Gasteiger partial charge on any atom is -0.480 e. The number of aromatic nitrogens is 1. The van der Waals surface area contributed by atoms with Gasteiger partial charge in [-0.3, -0.25) is 4.79 Å². The minimum absolute atomic E-state index is 0.0844. The van der Waals surface area contributed by atoms with Crippen molar-refractivity contribution in [3.63, 3.8) is 0 Å². The maximum Gasteiger partial charge on any atom is 0.326 e. The Kier molecular flexibility index (Phi) is 6.67. The van der Waals surface area contributed by atoms with Gasteiger partial charge in [-0.05, 0) is 43.5 Å². The number of amides is 1. The summed E-state index contributed by atoms with van der Waals surface area (Å²) in [5, 5.41) is 16.7. The molecule has 0 saturated carbocycles. The Morgan fingerprint density at radius 2 is 1.85 bits per heavy atom. The van der Waals surface area contributed by atoms with Crippen LogP contribution >= 0.6 is 23.2 Å². The molecule has 26 heavy (non-hydrogen) atoms. The molecule has 0 radical (unpaired) electrons. The number of nitrogens with one attached hydrogen (secondary N) is 1. The second-order valence-corrected chi connectivity index (χ2v) is 7.16. The summed E-state index contributed by atoms with van der Waals surface area (Å²) in [6.45, 7) is 5.47. The summed E-state index contributed by atoms with van der Waals surface area (Å²) in [5.74, 6) is -0.972. The Hall–Kier alpha value is -2.05. The summed E-state index contributed by atoms with van der Waals surface area (Å²) in [4.78, 5) is 23.9. The number of carbonyl (C=O) groups excluding carboxylic acids is 1. The van der Waals surface area contributed by atoms with Crippen LogP contribution in [0.3, 0.4) is 0 Å². The molecule has 6 nitrogen and oxygen atoms in total. The van der Waals surface area contributed by atoms with Gasteiger partial charge < -0.3 is 14.9 Å². The van der Waals surface area contributed by atoms with Crippen LogP contribution in [0.4, 0.5) is 0 Å². The van der Waals surface area contributed by atoms with Gasteiger partial charge in [0.15, 0.2) is 0 Å². The molecule has 0 bridgehead atoms. The Labute approximate surface area is 161 Å². The summed E-state index contributed by atoms with van der Waals surface area (Å²) < 4.78 is 5.12. The van der Waals surface area contributed by atoms with Crippen molar-refractivity contribution in [2.45, 2.75) is 45.6 Å². The Balaban J connectivity index is 2.05. The first kappa shape index (κ1) is 20.3. The molecule has 1 amide bonds. The van der Waals surface area contributed by atoms with Crippen molar-refractivity contribution in [1.29, 1.82) is 0 Å². The topological polar surface area (TPSA) is 92.4 Å². The van der Waals surface area contributed by atoms with Gasteiger partial charge >= 0.3 is 5.97 Å².